The molecule has 0 atom stereocenters. The molecule has 0 saturated carbocycles. The Morgan fingerprint density at radius 2 is 1.85 bits per heavy atom. The van der Waals surface area contributed by atoms with E-state index < -0.39 is 32.0 Å². The highest BCUT2D eigenvalue weighted by atomic mass is 79.9. The van der Waals surface area contributed by atoms with Gasteiger partial charge in [0.25, 0.3) is 5.56 Å². The standard InChI is InChI=1S/C15H11BrN2O6S2/c1-26(23,24)11-12(19)17(6-8-2-4-9(16)5-3-8)15(22)18-7-10(14(20)21)25-13(11)18/h2-5,7H,6H2,1H3,(H,20,21). The highest BCUT2D eigenvalue weighted by Crippen LogP contribution is 2.22. The Balaban J connectivity index is 2.36. The van der Waals surface area contributed by atoms with Crippen molar-refractivity contribution in [3.8, 4) is 0 Å². The average molecular weight is 459 g/mol. The lowest BCUT2D eigenvalue weighted by Crippen LogP contribution is -2.40. The molecule has 0 bridgehead atoms. The van der Waals surface area contributed by atoms with Gasteiger partial charge in [-0.2, -0.15) is 0 Å². The number of sulfone groups is 1. The van der Waals surface area contributed by atoms with E-state index in [-0.39, 0.29) is 16.3 Å². The monoisotopic (exact) mass is 458 g/mol. The van der Waals surface area contributed by atoms with Crippen molar-refractivity contribution < 1.29 is 18.3 Å². The normalized spacial score (nSPS) is 11.8. The zero-order chi connectivity index (χ0) is 19.2. The third-order valence-electron chi connectivity index (χ3n) is 3.58. The number of fused-ring (bicyclic) bond motifs is 1. The zero-order valence-electron chi connectivity index (χ0n) is 13.2. The van der Waals surface area contributed by atoms with Crippen LogP contribution in [0.4, 0.5) is 0 Å². The molecule has 11 heteroatoms. The molecule has 1 aromatic carbocycles. The van der Waals surface area contributed by atoms with Crippen molar-refractivity contribution in [2.45, 2.75) is 11.4 Å². The molecule has 0 aliphatic heterocycles. The molecule has 2 heterocycles. The Bertz CT molecular complexity index is 1250. The maximum atomic E-state index is 12.7. The van der Waals surface area contributed by atoms with Crippen LogP contribution in [0.1, 0.15) is 15.2 Å². The summed E-state index contributed by atoms with van der Waals surface area (Å²) in [7, 11) is -3.99. The number of thiazole rings is 1. The number of carboxylic acids is 1. The molecule has 8 nitrogen and oxygen atoms in total. The van der Waals surface area contributed by atoms with Gasteiger partial charge in [-0.3, -0.25) is 13.8 Å². The van der Waals surface area contributed by atoms with Crippen molar-refractivity contribution in [2.75, 3.05) is 6.26 Å². The van der Waals surface area contributed by atoms with Gasteiger partial charge in [0.05, 0.1) is 6.54 Å². The lowest BCUT2D eigenvalue weighted by atomic mass is 10.2. The first kappa shape index (κ1) is 18.5. The summed E-state index contributed by atoms with van der Waals surface area (Å²) in [6.45, 7) is -0.144. The fourth-order valence-electron chi connectivity index (χ4n) is 2.41. The fraction of sp³-hybridized carbons (Fsp3) is 0.133. The van der Waals surface area contributed by atoms with Crippen LogP contribution in [0.25, 0.3) is 4.83 Å². The van der Waals surface area contributed by atoms with Gasteiger partial charge in [-0.05, 0) is 17.7 Å². The molecule has 0 radical (unpaired) electrons. The Morgan fingerprint density at radius 3 is 2.38 bits per heavy atom. The zero-order valence-corrected chi connectivity index (χ0v) is 16.4. The van der Waals surface area contributed by atoms with Gasteiger partial charge in [-0.1, -0.05) is 28.1 Å². The fourth-order valence-corrected chi connectivity index (χ4v) is 4.96. The number of benzene rings is 1. The van der Waals surface area contributed by atoms with Crippen molar-refractivity contribution >= 4 is 47.9 Å². The summed E-state index contributed by atoms with van der Waals surface area (Å²) in [5.41, 5.74) is -1.16. The molecule has 0 spiro atoms. The molecule has 0 amide bonds. The molecule has 0 aliphatic rings. The number of hydrogen-bond donors (Lipinski definition) is 1. The van der Waals surface area contributed by atoms with Crippen molar-refractivity contribution in [1.29, 1.82) is 0 Å². The predicted molar refractivity (Wildman–Crippen MR) is 99.1 cm³/mol. The molecule has 0 fully saturated rings. The number of carbonyl (C=O) groups is 1. The molecule has 3 rings (SSSR count). The van der Waals surface area contributed by atoms with Crippen LogP contribution in [0.15, 0.2) is 49.4 Å². The molecule has 0 unspecified atom stereocenters. The molecular weight excluding hydrogens is 448 g/mol. The number of rotatable bonds is 4. The van der Waals surface area contributed by atoms with Gasteiger partial charge in [0, 0.05) is 16.9 Å². The average Bonchev–Trinajstić information content (AvgIpc) is 2.97. The van der Waals surface area contributed by atoms with E-state index in [2.05, 4.69) is 15.9 Å². The van der Waals surface area contributed by atoms with Crippen LogP contribution in [0.5, 0.6) is 0 Å². The van der Waals surface area contributed by atoms with E-state index in [1.807, 2.05) is 0 Å². The summed E-state index contributed by atoms with van der Waals surface area (Å²) >= 11 is 3.85. The van der Waals surface area contributed by atoms with Gasteiger partial charge in [0.1, 0.15) is 9.71 Å². The highest BCUT2D eigenvalue weighted by molar-refractivity contribution is 9.10. The molecule has 1 N–H and O–H groups in total. The molecule has 2 aromatic heterocycles. The van der Waals surface area contributed by atoms with E-state index in [0.717, 1.165) is 25.9 Å². The second-order valence-corrected chi connectivity index (χ2v) is 9.38. The number of nitrogens with zero attached hydrogens (tertiary/aromatic N) is 2. The van der Waals surface area contributed by atoms with Crippen molar-refractivity contribution in [3.05, 3.63) is 66.2 Å². The van der Waals surface area contributed by atoms with Crippen LogP contribution in [0, 0.1) is 0 Å². The second kappa shape index (κ2) is 6.49. The molecular formula is C15H11BrN2O6S2. The first-order valence-corrected chi connectivity index (χ1v) is 10.6. The van der Waals surface area contributed by atoms with Crippen LogP contribution in [0.3, 0.4) is 0 Å². The maximum Gasteiger partial charge on any atom is 0.347 e. The first-order chi connectivity index (χ1) is 12.1. The number of carboxylic acid groups (broad SMARTS) is 1. The molecule has 0 aliphatic carbocycles. The molecule has 26 heavy (non-hydrogen) atoms. The highest BCUT2D eigenvalue weighted by Gasteiger charge is 2.25. The third kappa shape index (κ3) is 3.24. The second-order valence-electron chi connectivity index (χ2n) is 5.48. The summed E-state index contributed by atoms with van der Waals surface area (Å²) in [5.74, 6) is -1.32. The first-order valence-electron chi connectivity index (χ1n) is 7.06. The maximum absolute atomic E-state index is 12.7. The molecule has 136 valence electrons. The summed E-state index contributed by atoms with van der Waals surface area (Å²) in [4.78, 5) is 35.5. The number of hydrogen-bond acceptors (Lipinski definition) is 6. The van der Waals surface area contributed by atoms with Gasteiger partial charge < -0.3 is 5.11 Å². The minimum Gasteiger partial charge on any atom is -0.477 e. The van der Waals surface area contributed by atoms with Gasteiger partial charge in [-0.25, -0.2) is 18.0 Å². The van der Waals surface area contributed by atoms with Crippen LogP contribution < -0.4 is 11.2 Å². The SMILES string of the molecule is CS(=O)(=O)c1c(=O)n(Cc2ccc(Br)cc2)c(=O)n2cc(C(=O)O)sc12. The molecule has 3 aromatic rings. The van der Waals surface area contributed by atoms with Crippen molar-refractivity contribution in [2.24, 2.45) is 0 Å². The van der Waals surface area contributed by atoms with E-state index in [9.17, 15) is 22.8 Å². The van der Waals surface area contributed by atoms with Gasteiger partial charge in [-0.15, -0.1) is 11.3 Å². The smallest absolute Gasteiger partial charge is 0.347 e. The van der Waals surface area contributed by atoms with Crippen molar-refractivity contribution in [1.82, 2.24) is 8.97 Å². The largest absolute Gasteiger partial charge is 0.477 e. The third-order valence-corrected chi connectivity index (χ3v) is 6.44. The van der Waals surface area contributed by atoms with Gasteiger partial charge >= 0.3 is 11.7 Å². The topological polar surface area (TPSA) is 115 Å². The predicted octanol–water partition coefficient (Wildman–Crippen LogP) is 1.44. The van der Waals surface area contributed by atoms with E-state index in [1.165, 1.54) is 0 Å². The number of aromatic carboxylic acids is 1. The summed E-state index contributed by atoms with van der Waals surface area (Å²) in [6.07, 6.45) is 1.87. The summed E-state index contributed by atoms with van der Waals surface area (Å²) in [6, 6.07) is 6.81. The van der Waals surface area contributed by atoms with Gasteiger partial charge in [0.15, 0.2) is 14.7 Å². The Morgan fingerprint density at radius 1 is 1.23 bits per heavy atom. The Kier molecular flexibility index (Phi) is 4.63. The van der Waals surface area contributed by atoms with Crippen LogP contribution >= 0.6 is 27.3 Å². The Labute approximate surface area is 159 Å². The number of aromatic nitrogens is 2. The summed E-state index contributed by atoms with van der Waals surface area (Å²) in [5, 5.41) is 9.13. The van der Waals surface area contributed by atoms with Crippen LogP contribution in [-0.2, 0) is 16.4 Å². The van der Waals surface area contributed by atoms with Crippen LogP contribution in [0.2, 0.25) is 0 Å². The lowest BCUT2D eigenvalue weighted by molar-refractivity contribution is 0.0701. The summed E-state index contributed by atoms with van der Waals surface area (Å²) < 4.78 is 26.7. The van der Waals surface area contributed by atoms with Crippen molar-refractivity contribution in [3.63, 3.8) is 0 Å². The van der Waals surface area contributed by atoms with E-state index in [4.69, 9.17) is 5.11 Å². The number of halogens is 1. The molecule has 0 saturated heterocycles. The van der Waals surface area contributed by atoms with E-state index >= 15 is 0 Å². The van der Waals surface area contributed by atoms with Crippen LogP contribution in [-0.4, -0.2) is 34.7 Å². The Hall–Kier alpha value is -2.24. The minimum atomic E-state index is -3.99. The lowest BCUT2D eigenvalue weighted by Gasteiger charge is -2.09. The minimum absolute atomic E-state index is 0.144. The van der Waals surface area contributed by atoms with E-state index in [0.29, 0.717) is 16.9 Å². The quantitative estimate of drug-likeness (QED) is 0.632. The van der Waals surface area contributed by atoms with E-state index in [1.54, 1.807) is 24.3 Å². The van der Waals surface area contributed by atoms with Gasteiger partial charge in [0.2, 0.25) is 0 Å².